The maximum atomic E-state index is 11.1. The van der Waals surface area contributed by atoms with Gasteiger partial charge in [-0.2, -0.15) is 0 Å². The molecule has 0 aromatic carbocycles. The Morgan fingerprint density at radius 3 is 2.85 bits per heavy atom. The number of carbonyl (C=O) groups excluding carboxylic acids is 2. The summed E-state index contributed by atoms with van der Waals surface area (Å²) in [5, 5.41) is 0. The second-order valence-electron chi connectivity index (χ2n) is 4.02. The van der Waals surface area contributed by atoms with Crippen LogP contribution in [0.2, 0.25) is 0 Å². The number of nitrogens with zero attached hydrogens (tertiary/aromatic N) is 3. The van der Waals surface area contributed by atoms with E-state index in [1.807, 2.05) is 12.3 Å². The minimum absolute atomic E-state index is 0.262. The zero-order chi connectivity index (χ0) is 14.5. The number of nitrogens with two attached hydrogens (primary N) is 1. The van der Waals surface area contributed by atoms with Crippen molar-refractivity contribution in [2.24, 2.45) is 5.84 Å². The minimum atomic E-state index is -0.450. The van der Waals surface area contributed by atoms with Gasteiger partial charge in [0.1, 0.15) is 5.69 Å². The summed E-state index contributed by atoms with van der Waals surface area (Å²) in [6.07, 6.45) is 6.76. The number of hydrazine groups is 1. The summed E-state index contributed by atoms with van der Waals surface area (Å²) in [5.74, 6) is 4.51. The summed E-state index contributed by atoms with van der Waals surface area (Å²) in [6, 6.07) is 3.43. The van der Waals surface area contributed by atoms with E-state index in [4.69, 9.17) is 5.84 Å². The van der Waals surface area contributed by atoms with E-state index in [9.17, 15) is 9.59 Å². The van der Waals surface area contributed by atoms with Gasteiger partial charge in [-0.15, -0.1) is 0 Å². The van der Waals surface area contributed by atoms with Gasteiger partial charge >= 0.3 is 0 Å². The Morgan fingerprint density at radius 2 is 2.25 bits per heavy atom. The van der Waals surface area contributed by atoms with Crippen LogP contribution < -0.4 is 11.3 Å². The van der Waals surface area contributed by atoms with Crippen molar-refractivity contribution in [3.8, 4) is 5.69 Å². The molecule has 7 nitrogen and oxygen atoms in total. The van der Waals surface area contributed by atoms with Crippen molar-refractivity contribution in [3.05, 3.63) is 47.8 Å². The number of carbonyl (C=O) groups is 2. The Morgan fingerprint density at radius 1 is 1.45 bits per heavy atom. The van der Waals surface area contributed by atoms with Crippen LogP contribution in [0.3, 0.4) is 0 Å². The van der Waals surface area contributed by atoms with Gasteiger partial charge in [-0.1, -0.05) is 0 Å². The van der Waals surface area contributed by atoms with E-state index in [1.54, 1.807) is 29.2 Å². The molecule has 2 rings (SSSR count). The summed E-state index contributed by atoms with van der Waals surface area (Å²) < 4.78 is 1.71. The summed E-state index contributed by atoms with van der Waals surface area (Å²) >= 11 is 0. The van der Waals surface area contributed by atoms with Crippen molar-refractivity contribution in [3.63, 3.8) is 0 Å². The number of hydrogen-bond acceptors (Lipinski definition) is 5. The Labute approximate surface area is 115 Å². The fourth-order valence-electron chi connectivity index (χ4n) is 1.64. The fourth-order valence-corrected chi connectivity index (χ4v) is 1.64. The maximum Gasteiger partial charge on any atom is 0.257 e. The minimum Gasteiger partial charge on any atom is -0.304 e. The molecule has 2 aromatic heterocycles. The van der Waals surface area contributed by atoms with Gasteiger partial charge in [0.2, 0.25) is 0 Å². The van der Waals surface area contributed by atoms with Crippen LogP contribution in [0.1, 0.15) is 21.9 Å². The molecule has 2 aromatic rings. The average Bonchev–Trinajstić information content (AvgIpc) is 2.90. The van der Waals surface area contributed by atoms with Gasteiger partial charge in [0.15, 0.2) is 6.29 Å². The number of hydrogen-bond donors (Lipinski definition) is 2. The van der Waals surface area contributed by atoms with Crippen LogP contribution in [0.4, 0.5) is 0 Å². The number of amides is 1. The number of pyridine rings is 1. The highest BCUT2D eigenvalue weighted by Crippen LogP contribution is 2.13. The molecular formula is C13H13N5O2. The lowest BCUT2D eigenvalue weighted by molar-refractivity contribution is -0.116. The fraction of sp³-hybridized carbons (Fsp3) is 0.0769. The topological polar surface area (TPSA) is 103 Å². The molecule has 0 saturated carbocycles. The molecule has 3 N–H and O–H groups in total. The number of aryl methyl sites for hydroxylation is 1. The first kappa shape index (κ1) is 13.6. The first-order valence-electron chi connectivity index (χ1n) is 5.80. The van der Waals surface area contributed by atoms with E-state index in [1.165, 1.54) is 12.2 Å². The zero-order valence-electron chi connectivity index (χ0n) is 10.8. The Kier molecular flexibility index (Phi) is 4.02. The van der Waals surface area contributed by atoms with Crippen LogP contribution >= 0.6 is 0 Å². The monoisotopic (exact) mass is 271 g/mol. The van der Waals surface area contributed by atoms with Crippen molar-refractivity contribution >= 4 is 18.3 Å². The highest BCUT2D eigenvalue weighted by Gasteiger charge is 2.06. The lowest BCUT2D eigenvalue weighted by Gasteiger charge is -2.05. The largest absolute Gasteiger partial charge is 0.304 e. The van der Waals surface area contributed by atoms with Crippen molar-refractivity contribution in [1.29, 1.82) is 0 Å². The van der Waals surface area contributed by atoms with E-state index in [2.05, 4.69) is 9.97 Å². The molecule has 0 aliphatic carbocycles. The maximum absolute atomic E-state index is 11.1. The SMILES string of the molecule is Cc1cn(-c2ccc(/C=C/C(=O)NN)nc2C=O)cn1. The van der Waals surface area contributed by atoms with Crippen molar-refractivity contribution in [2.45, 2.75) is 6.92 Å². The van der Waals surface area contributed by atoms with Crippen LogP contribution in [-0.2, 0) is 4.79 Å². The van der Waals surface area contributed by atoms with Gasteiger partial charge in [0.05, 0.1) is 23.4 Å². The van der Waals surface area contributed by atoms with Crippen molar-refractivity contribution < 1.29 is 9.59 Å². The number of imidazole rings is 1. The molecule has 102 valence electrons. The Bertz CT molecular complexity index is 675. The molecule has 0 atom stereocenters. The summed E-state index contributed by atoms with van der Waals surface area (Å²) in [7, 11) is 0. The number of nitrogens with one attached hydrogen (secondary N) is 1. The Hall–Kier alpha value is -2.80. The second kappa shape index (κ2) is 5.89. The summed E-state index contributed by atoms with van der Waals surface area (Å²) in [6.45, 7) is 1.85. The number of rotatable bonds is 4. The van der Waals surface area contributed by atoms with E-state index in [-0.39, 0.29) is 5.69 Å². The first-order valence-corrected chi connectivity index (χ1v) is 5.80. The molecule has 0 aliphatic heterocycles. The van der Waals surface area contributed by atoms with E-state index in [0.717, 1.165) is 5.69 Å². The van der Waals surface area contributed by atoms with E-state index >= 15 is 0 Å². The van der Waals surface area contributed by atoms with Crippen LogP contribution in [0.15, 0.2) is 30.7 Å². The molecule has 1 amide bonds. The van der Waals surface area contributed by atoms with Crippen molar-refractivity contribution in [1.82, 2.24) is 20.0 Å². The molecule has 0 bridgehead atoms. The van der Waals surface area contributed by atoms with Gasteiger partial charge in [-0.3, -0.25) is 15.0 Å². The lowest BCUT2D eigenvalue weighted by atomic mass is 10.2. The van der Waals surface area contributed by atoms with Crippen LogP contribution in [-0.4, -0.2) is 26.7 Å². The highest BCUT2D eigenvalue weighted by molar-refractivity contribution is 5.91. The summed E-state index contributed by atoms with van der Waals surface area (Å²) in [5.41, 5.74) is 4.18. The molecule has 0 unspecified atom stereocenters. The first-order chi connectivity index (χ1) is 9.63. The highest BCUT2D eigenvalue weighted by atomic mass is 16.2. The molecule has 0 saturated heterocycles. The van der Waals surface area contributed by atoms with Crippen molar-refractivity contribution in [2.75, 3.05) is 0 Å². The summed E-state index contributed by atoms with van der Waals surface area (Å²) in [4.78, 5) is 30.4. The molecule has 0 spiro atoms. The number of aromatic nitrogens is 3. The standard InChI is InChI=1S/C13H13N5O2/c1-9-6-18(8-15-9)12-4-2-10(16-11(12)7-19)3-5-13(20)17-14/h2-8H,14H2,1H3,(H,17,20)/b5-3+. The molecule has 0 aliphatic rings. The smallest absolute Gasteiger partial charge is 0.257 e. The predicted molar refractivity (Wildman–Crippen MR) is 72.8 cm³/mol. The Balaban J connectivity index is 2.36. The normalized spacial score (nSPS) is 10.7. The van der Waals surface area contributed by atoms with E-state index in [0.29, 0.717) is 17.7 Å². The van der Waals surface area contributed by atoms with E-state index < -0.39 is 5.91 Å². The molecular weight excluding hydrogens is 258 g/mol. The average molecular weight is 271 g/mol. The molecule has 2 heterocycles. The quantitative estimate of drug-likeness (QED) is 0.275. The van der Waals surface area contributed by atoms with Crippen LogP contribution in [0.25, 0.3) is 11.8 Å². The third-order valence-electron chi connectivity index (χ3n) is 2.57. The van der Waals surface area contributed by atoms with Gasteiger partial charge in [0, 0.05) is 12.3 Å². The lowest BCUT2D eigenvalue weighted by Crippen LogP contribution is -2.27. The second-order valence-corrected chi connectivity index (χ2v) is 4.02. The molecule has 7 heteroatoms. The van der Waals surface area contributed by atoms with Gasteiger partial charge in [0.25, 0.3) is 5.91 Å². The molecule has 0 fully saturated rings. The number of aldehydes is 1. The third kappa shape index (κ3) is 2.96. The zero-order valence-corrected chi connectivity index (χ0v) is 10.8. The predicted octanol–water partition coefficient (Wildman–Crippen LogP) is 0.391. The van der Waals surface area contributed by atoms with Gasteiger partial charge < -0.3 is 4.57 Å². The molecule has 20 heavy (non-hydrogen) atoms. The van der Waals surface area contributed by atoms with Crippen LogP contribution in [0.5, 0.6) is 0 Å². The van der Waals surface area contributed by atoms with Crippen LogP contribution in [0, 0.1) is 6.92 Å². The van der Waals surface area contributed by atoms with Gasteiger partial charge in [-0.25, -0.2) is 15.8 Å². The van der Waals surface area contributed by atoms with Gasteiger partial charge in [-0.05, 0) is 25.1 Å². The molecule has 0 radical (unpaired) electrons. The third-order valence-corrected chi connectivity index (χ3v) is 2.57.